The summed E-state index contributed by atoms with van der Waals surface area (Å²) >= 11 is 6.07. The lowest BCUT2D eigenvalue weighted by Crippen LogP contribution is -2.09. The van der Waals surface area contributed by atoms with Gasteiger partial charge in [0.25, 0.3) is 0 Å². The summed E-state index contributed by atoms with van der Waals surface area (Å²) in [4.78, 5) is 0. The van der Waals surface area contributed by atoms with Crippen molar-refractivity contribution in [3.8, 4) is 11.5 Å². The number of benzene rings is 1. The van der Waals surface area contributed by atoms with Gasteiger partial charge in [-0.15, -0.1) is 0 Å². The minimum Gasteiger partial charge on any atom is -0.489 e. The second-order valence-corrected chi connectivity index (χ2v) is 5.04. The molecule has 0 amide bonds. The van der Waals surface area contributed by atoms with E-state index < -0.39 is 0 Å². The fraction of sp³-hybridized carbons (Fsp3) is 0.538. The summed E-state index contributed by atoms with van der Waals surface area (Å²) in [7, 11) is 0. The molecule has 1 atom stereocenters. The monoisotopic (exact) mass is 271 g/mol. The minimum absolute atomic E-state index is 0.0521. The highest BCUT2D eigenvalue weighted by atomic mass is 35.5. The molecule has 0 aliphatic carbocycles. The number of fused-ring (bicyclic) bond motifs is 1. The van der Waals surface area contributed by atoms with Gasteiger partial charge < -0.3 is 14.8 Å². The third-order valence-electron chi connectivity index (χ3n) is 3.45. The van der Waals surface area contributed by atoms with E-state index in [1.165, 1.54) is 0 Å². The standard InChI is InChI=1S/C13H15ClFNO2/c14-11-12(15)9(8-2-3-16-7-8)6-10-13(11)18-5-1-4-17-10/h6,8,16H,1-5,7H2. The van der Waals surface area contributed by atoms with Gasteiger partial charge in [0.2, 0.25) is 0 Å². The molecule has 0 spiro atoms. The minimum atomic E-state index is -0.366. The van der Waals surface area contributed by atoms with Crippen LogP contribution in [0.4, 0.5) is 4.39 Å². The van der Waals surface area contributed by atoms with Gasteiger partial charge in [-0.2, -0.15) is 0 Å². The van der Waals surface area contributed by atoms with Gasteiger partial charge in [-0.1, -0.05) is 11.6 Å². The van der Waals surface area contributed by atoms with Gasteiger partial charge in [-0.3, -0.25) is 0 Å². The molecule has 1 N–H and O–H groups in total. The van der Waals surface area contributed by atoms with Crippen molar-refractivity contribution in [3.63, 3.8) is 0 Å². The van der Waals surface area contributed by atoms with E-state index in [4.69, 9.17) is 21.1 Å². The molecule has 1 aromatic rings. The second kappa shape index (κ2) is 4.94. The molecule has 2 aliphatic rings. The molecule has 1 saturated heterocycles. The van der Waals surface area contributed by atoms with Crippen LogP contribution in [0.25, 0.3) is 0 Å². The number of nitrogens with one attached hydrogen (secondary N) is 1. The lowest BCUT2D eigenvalue weighted by Gasteiger charge is -2.16. The molecule has 3 nitrogen and oxygen atoms in total. The van der Waals surface area contributed by atoms with Crippen LogP contribution in [-0.2, 0) is 0 Å². The van der Waals surface area contributed by atoms with E-state index in [1.807, 2.05) is 0 Å². The Bertz CT molecular complexity index is 461. The highest BCUT2D eigenvalue weighted by Crippen LogP contribution is 2.42. The van der Waals surface area contributed by atoms with Crippen LogP contribution in [0, 0.1) is 5.82 Å². The first-order valence-electron chi connectivity index (χ1n) is 6.25. The molecule has 98 valence electrons. The predicted octanol–water partition coefficient (Wildman–Crippen LogP) is 2.72. The molecule has 5 heteroatoms. The van der Waals surface area contributed by atoms with Crippen molar-refractivity contribution >= 4 is 11.6 Å². The summed E-state index contributed by atoms with van der Waals surface area (Å²) in [6.45, 7) is 2.79. The van der Waals surface area contributed by atoms with Gasteiger partial charge in [0.05, 0.1) is 13.2 Å². The number of halogens is 2. The molecular weight excluding hydrogens is 257 g/mol. The van der Waals surface area contributed by atoms with Crippen molar-refractivity contribution in [1.82, 2.24) is 5.32 Å². The van der Waals surface area contributed by atoms with Crippen LogP contribution in [-0.4, -0.2) is 26.3 Å². The van der Waals surface area contributed by atoms with Crippen LogP contribution in [0.15, 0.2) is 6.07 Å². The Labute approximate surface area is 110 Å². The molecule has 1 aromatic carbocycles. The van der Waals surface area contributed by atoms with Crippen molar-refractivity contribution in [2.45, 2.75) is 18.8 Å². The average molecular weight is 272 g/mol. The molecule has 18 heavy (non-hydrogen) atoms. The number of hydrogen-bond acceptors (Lipinski definition) is 3. The fourth-order valence-electron chi connectivity index (χ4n) is 2.48. The van der Waals surface area contributed by atoms with Crippen LogP contribution >= 0.6 is 11.6 Å². The summed E-state index contributed by atoms with van der Waals surface area (Å²) in [5.74, 6) is 0.719. The van der Waals surface area contributed by atoms with Gasteiger partial charge in [-0.05, 0) is 24.6 Å². The van der Waals surface area contributed by atoms with Gasteiger partial charge in [0.1, 0.15) is 10.8 Å². The second-order valence-electron chi connectivity index (χ2n) is 4.66. The van der Waals surface area contributed by atoms with Gasteiger partial charge in [-0.25, -0.2) is 4.39 Å². The lowest BCUT2D eigenvalue weighted by atomic mass is 9.97. The zero-order valence-electron chi connectivity index (χ0n) is 9.97. The largest absolute Gasteiger partial charge is 0.489 e. The molecular formula is C13H15ClFNO2. The Kier molecular flexibility index (Phi) is 3.31. The molecule has 2 aliphatic heterocycles. The maximum Gasteiger partial charge on any atom is 0.182 e. The van der Waals surface area contributed by atoms with Crippen molar-refractivity contribution in [2.75, 3.05) is 26.3 Å². The first-order valence-corrected chi connectivity index (χ1v) is 6.63. The lowest BCUT2D eigenvalue weighted by molar-refractivity contribution is 0.296. The van der Waals surface area contributed by atoms with Gasteiger partial charge in [0.15, 0.2) is 11.5 Å². The topological polar surface area (TPSA) is 30.5 Å². The van der Waals surface area contributed by atoms with E-state index >= 15 is 0 Å². The van der Waals surface area contributed by atoms with Crippen LogP contribution in [0.5, 0.6) is 11.5 Å². The van der Waals surface area contributed by atoms with Crippen LogP contribution in [0.2, 0.25) is 5.02 Å². The summed E-state index contributed by atoms with van der Waals surface area (Å²) in [6.07, 6.45) is 1.71. The third kappa shape index (κ3) is 2.04. The molecule has 0 bridgehead atoms. The summed E-state index contributed by atoms with van der Waals surface area (Å²) in [6, 6.07) is 1.75. The van der Waals surface area contributed by atoms with E-state index in [2.05, 4.69) is 5.32 Å². The van der Waals surface area contributed by atoms with Gasteiger partial charge >= 0.3 is 0 Å². The Balaban J connectivity index is 2.05. The fourth-order valence-corrected chi connectivity index (χ4v) is 2.74. The highest BCUT2D eigenvalue weighted by Gasteiger charge is 2.27. The van der Waals surface area contributed by atoms with E-state index in [-0.39, 0.29) is 16.8 Å². The van der Waals surface area contributed by atoms with Crippen LogP contribution in [0.1, 0.15) is 24.3 Å². The molecule has 2 heterocycles. The average Bonchev–Trinajstić information content (AvgIpc) is 2.79. The zero-order valence-corrected chi connectivity index (χ0v) is 10.7. The maximum absolute atomic E-state index is 14.3. The quantitative estimate of drug-likeness (QED) is 0.852. The summed E-state index contributed by atoms with van der Waals surface area (Å²) in [5, 5.41) is 3.28. The van der Waals surface area contributed by atoms with Crippen molar-refractivity contribution in [3.05, 3.63) is 22.5 Å². The SMILES string of the molecule is Fc1c(C2CCNC2)cc2c(c1Cl)OCCCO2. The Hall–Kier alpha value is -1.00. The molecule has 1 unspecified atom stereocenters. The molecule has 0 radical (unpaired) electrons. The maximum atomic E-state index is 14.3. The van der Waals surface area contributed by atoms with Crippen molar-refractivity contribution in [1.29, 1.82) is 0 Å². The summed E-state index contributed by atoms with van der Waals surface area (Å²) in [5.41, 5.74) is 0.634. The Morgan fingerprint density at radius 3 is 2.94 bits per heavy atom. The highest BCUT2D eigenvalue weighted by molar-refractivity contribution is 6.32. The number of rotatable bonds is 1. The third-order valence-corrected chi connectivity index (χ3v) is 3.79. The van der Waals surface area contributed by atoms with Crippen LogP contribution < -0.4 is 14.8 Å². The molecule has 0 saturated carbocycles. The summed E-state index contributed by atoms with van der Waals surface area (Å²) < 4.78 is 25.3. The first-order chi connectivity index (χ1) is 8.77. The van der Waals surface area contributed by atoms with E-state index in [1.54, 1.807) is 6.07 Å². The molecule has 0 aromatic heterocycles. The Morgan fingerprint density at radius 2 is 2.17 bits per heavy atom. The number of hydrogen-bond donors (Lipinski definition) is 1. The van der Waals surface area contributed by atoms with E-state index in [9.17, 15) is 4.39 Å². The zero-order chi connectivity index (χ0) is 12.5. The smallest absolute Gasteiger partial charge is 0.182 e. The van der Waals surface area contributed by atoms with Crippen molar-refractivity contribution in [2.24, 2.45) is 0 Å². The van der Waals surface area contributed by atoms with E-state index in [0.717, 1.165) is 25.9 Å². The Morgan fingerprint density at radius 1 is 1.33 bits per heavy atom. The van der Waals surface area contributed by atoms with Gasteiger partial charge in [0, 0.05) is 18.9 Å². The van der Waals surface area contributed by atoms with Crippen LogP contribution in [0.3, 0.4) is 0 Å². The first kappa shape index (κ1) is 12.1. The predicted molar refractivity (Wildman–Crippen MR) is 67.2 cm³/mol. The number of ether oxygens (including phenoxy) is 2. The van der Waals surface area contributed by atoms with Crippen molar-refractivity contribution < 1.29 is 13.9 Å². The van der Waals surface area contributed by atoms with E-state index in [0.29, 0.717) is 30.3 Å². The molecule has 3 rings (SSSR count). The normalized spacial score (nSPS) is 22.9. The molecule has 1 fully saturated rings.